The monoisotopic (exact) mass is 319 g/mol. The standard InChI is InChI=1S/C15H29NO6/c1-3-5-18-7-9-20-11-13-22-14-12-21-10-8-19-6-4-16-15(2)17/h3H,1,4-14H2,2H3,(H,16,17). The average Bonchev–Trinajstić information content (AvgIpc) is 2.50. The maximum atomic E-state index is 10.6. The fraction of sp³-hybridized carbons (Fsp3) is 0.800. The normalized spacial score (nSPS) is 10.6. The van der Waals surface area contributed by atoms with Crippen molar-refractivity contribution in [2.45, 2.75) is 6.92 Å². The summed E-state index contributed by atoms with van der Waals surface area (Å²) in [6.45, 7) is 10.9. The molecule has 0 spiro atoms. The van der Waals surface area contributed by atoms with Gasteiger partial charge in [0.15, 0.2) is 0 Å². The van der Waals surface area contributed by atoms with Crippen LogP contribution in [0.15, 0.2) is 12.7 Å². The number of nitrogens with one attached hydrogen (secondary N) is 1. The summed E-state index contributed by atoms with van der Waals surface area (Å²) in [7, 11) is 0. The summed E-state index contributed by atoms with van der Waals surface area (Å²) in [6, 6.07) is 0. The molecular weight excluding hydrogens is 290 g/mol. The molecule has 0 atom stereocenters. The van der Waals surface area contributed by atoms with Crippen molar-refractivity contribution in [1.82, 2.24) is 5.32 Å². The first-order valence-corrected chi connectivity index (χ1v) is 7.51. The number of rotatable bonds is 17. The molecule has 0 aromatic rings. The summed E-state index contributed by atoms with van der Waals surface area (Å²) in [5, 5.41) is 2.65. The molecule has 0 saturated heterocycles. The molecule has 0 bridgehead atoms. The Kier molecular flexibility index (Phi) is 17.2. The van der Waals surface area contributed by atoms with Crippen LogP contribution in [-0.2, 0) is 28.5 Å². The first-order chi connectivity index (χ1) is 10.8. The molecule has 0 saturated carbocycles. The second-order valence-electron chi connectivity index (χ2n) is 4.30. The SMILES string of the molecule is C=CCOCCOCCOCCOCCOCCNC(C)=O. The van der Waals surface area contributed by atoms with Gasteiger partial charge in [-0.2, -0.15) is 0 Å². The van der Waals surface area contributed by atoms with Crippen molar-refractivity contribution in [3.05, 3.63) is 12.7 Å². The van der Waals surface area contributed by atoms with Crippen LogP contribution < -0.4 is 5.32 Å². The van der Waals surface area contributed by atoms with Crippen molar-refractivity contribution in [1.29, 1.82) is 0 Å². The molecule has 0 aliphatic rings. The van der Waals surface area contributed by atoms with Crippen LogP contribution in [0.25, 0.3) is 0 Å². The third-order valence-corrected chi connectivity index (χ3v) is 2.34. The fourth-order valence-corrected chi connectivity index (χ4v) is 1.35. The van der Waals surface area contributed by atoms with Gasteiger partial charge in [0.05, 0.1) is 66.1 Å². The van der Waals surface area contributed by atoms with Gasteiger partial charge in [-0.1, -0.05) is 6.08 Å². The molecule has 1 N–H and O–H groups in total. The fourth-order valence-electron chi connectivity index (χ4n) is 1.35. The second-order valence-corrected chi connectivity index (χ2v) is 4.30. The van der Waals surface area contributed by atoms with Gasteiger partial charge >= 0.3 is 0 Å². The largest absolute Gasteiger partial charge is 0.377 e. The van der Waals surface area contributed by atoms with Crippen molar-refractivity contribution in [2.75, 3.05) is 72.6 Å². The van der Waals surface area contributed by atoms with Crippen molar-refractivity contribution in [3.63, 3.8) is 0 Å². The molecule has 0 aliphatic heterocycles. The van der Waals surface area contributed by atoms with Crippen LogP contribution in [0.2, 0.25) is 0 Å². The molecule has 0 aromatic carbocycles. The molecule has 22 heavy (non-hydrogen) atoms. The summed E-state index contributed by atoms with van der Waals surface area (Å²) < 4.78 is 26.4. The third kappa shape index (κ3) is 19.0. The number of ether oxygens (including phenoxy) is 5. The smallest absolute Gasteiger partial charge is 0.216 e. The van der Waals surface area contributed by atoms with E-state index in [9.17, 15) is 4.79 Å². The van der Waals surface area contributed by atoms with Gasteiger partial charge < -0.3 is 29.0 Å². The Labute approximate surface area is 132 Å². The highest BCUT2D eigenvalue weighted by Crippen LogP contribution is 1.83. The number of hydrogen-bond acceptors (Lipinski definition) is 6. The summed E-state index contributed by atoms with van der Waals surface area (Å²) in [4.78, 5) is 10.6. The van der Waals surface area contributed by atoms with Crippen LogP contribution in [0.1, 0.15) is 6.92 Å². The molecule has 7 nitrogen and oxygen atoms in total. The van der Waals surface area contributed by atoms with Gasteiger partial charge in [0.1, 0.15) is 0 Å². The molecule has 130 valence electrons. The van der Waals surface area contributed by atoms with E-state index in [1.54, 1.807) is 6.08 Å². The lowest BCUT2D eigenvalue weighted by Gasteiger charge is -2.07. The van der Waals surface area contributed by atoms with Crippen molar-refractivity contribution < 1.29 is 28.5 Å². The highest BCUT2D eigenvalue weighted by molar-refractivity contribution is 5.72. The van der Waals surface area contributed by atoms with Crippen LogP contribution in [0.4, 0.5) is 0 Å². The van der Waals surface area contributed by atoms with E-state index in [0.29, 0.717) is 72.6 Å². The topological polar surface area (TPSA) is 75.2 Å². The molecule has 0 radical (unpaired) electrons. The Morgan fingerprint density at radius 1 is 0.818 bits per heavy atom. The predicted molar refractivity (Wildman–Crippen MR) is 83.0 cm³/mol. The van der Waals surface area contributed by atoms with Gasteiger partial charge in [0.25, 0.3) is 0 Å². The maximum absolute atomic E-state index is 10.6. The zero-order chi connectivity index (χ0) is 16.3. The lowest BCUT2D eigenvalue weighted by atomic mass is 10.6. The van der Waals surface area contributed by atoms with Gasteiger partial charge in [-0.3, -0.25) is 4.79 Å². The Hall–Kier alpha value is -0.990. The van der Waals surface area contributed by atoms with Crippen molar-refractivity contribution in [3.8, 4) is 0 Å². The molecule has 0 aliphatic carbocycles. The molecule has 0 aromatic heterocycles. The highest BCUT2D eigenvalue weighted by Gasteiger charge is 1.94. The van der Waals surface area contributed by atoms with Gasteiger partial charge in [-0.05, 0) is 0 Å². The Morgan fingerprint density at radius 2 is 1.23 bits per heavy atom. The number of carbonyl (C=O) groups excluding carboxylic acids is 1. The van der Waals surface area contributed by atoms with E-state index in [1.807, 2.05) is 0 Å². The lowest BCUT2D eigenvalue weighted by molar-refractivity contribution is -0.119. The Morgan fingerprint density at radius 3 is 1.64 bits per heavy atom. The number of carbonyl (C=O) groups is 1. The van der Waals surface area contributed by atoms with Gasteiger partial charge in [-0.25, -0.2) is 0 Å². The molecular formula is C15H29NO6. The minimum Gasteiger partial charge on any atom is -0.377 e. The first kappa shape index (κ1) is 21.0. The molecule has 1 amide bonds. The summed E-state index contributed by atoms with van der Waals surface area (Å²) in [5.74, 6) is -0.0507. The first-order valence-electron chi connectivity index (χ1n) is 7.51. The quantitative estimate of drug-likeness (QED) is 0.309. The lowest BCUT2D eigenvalue weighted by Crippen LogP contribution is -2.25. The molecule has 0 heterocycles. The summed E-state index contributed by atoms with van der Waals surface area (Å²) in [5.41, 5.74) is 0. The molecule has 0 unspecified atom stereocenters. The van der Waals surface area contributed by atoms with E-state index < -0.39 is 0 Å². The summed E-state index contributed by atoms with van der Waals surface area (Å²) in [6.07, 6.45) is 1.71. The number of hydrogen-bond donors (Lipinski definition) is 1. The maximum Gasteiger partial charge on any atom is 0.216 e. The van der Waals surface area contributed by atoms with Crippen LogP contribution in [0.3, 0.4) is 0 Å². The van der Waals surface area contributed by atoms with Crippen LogP contribution in [0, 0.1) is 0 Å². The van der Waals surface area contributed by atoms with E-state index in [2.05, 4.69) is 11.9 Å². The minimum atomic E-state index is -0.0507. The van der Waals surface area contributed by atoms with Gasteiger partial charge in [0, 0.05) is 13.5 Å². The zero-order valence-corrected chi connectivity index (χ0v) is 13.5. The van der Waals surface area contributed by atoms with Crippen LogP contribution >= 0.6 is 0 Å². The predicted octanol–water partition coefficient (Wildman–Crippen LogP) is 0.392. The highest BCUT2D eigenvalue weighted by atomic mass is 16.6. The molecule has 7 heteroatoms. The second kappa shape index (κ2) is 18.1. The van der Waals surface area contributed by atoms with Gasteiger partial charge in [0.2, 0.25) is 5.91 Å². The zero-order valence-electron chi connectivity index (χ0n) is 13.5. The van der Waals surface area contributed by atoms with E-state index in [1.165, 1.54) is 6.92 Å². The van der Waals surface area contributed by atoms with E-state index >= 15 is 0 Å². The van der Waals surface area contributed by atoms with E-state index in [4.69, 9.17) is 23.7 Å². The van der Waals surface area contributed by atoms with E-state index in [-0.39, 0.29) is 5.91 Å². The van der Waals surface area contributed by atoms with Crippen molar-refractivity contribution >= 4 is 5.91 Å². The minimum absolute atomic E-state index is 0.0507. The van der Waals surface area contributed by atoms with Crippen molar-refractivity contribution in [2.24, 2.45) is 0 Å². The van der Waals surface area contributed by atoms with Crippen LogP contribution in [0.5, 0.6) is 0 Å². The van der Waals surface area contributed by atoms with E-state index in [0.717, 1.165) is 0 Å². The summed E-state index contributed by atoms with van der Waals surface area (Å²) >= 11 is 0. The number of amides is 1. The Bertz CT molecular complexity index is 262. The average molecular weight is 319 g/mol. The third-order valence-electron chi connectivity index (χ3n) is 2.34. The molecule has 0 rings (SSSR count). The van der Waals surface area contributed by atoms with Gasteiger partial charge in [-0.15, -0.1) is 6.58 Å². The Balaban J connectivity index is 2.97. The van der Waals surface area contributed by atoms with Crippen LogP contribution in [-0.4, -0.2) is 78.5 Å². The molecule has 0 fully saturated rings.